The van der Waals surface area contributed by atoms with Crippen LogP contribution in [-0.4, -0.2) is 25.2 Å². The maximum absolute atomic E-state index is 11.7. The molecule has 0 spiro atoms. The van der Waals surface area contributed by atoms with Crippen LogP contribution >= 0.6 is 0 Å². The number of esters is 2. The van der Waals surface area contributed by atoms with Crippen molar-refractivity contribution in [1.82, 2.24) is 0 Å². The Bertz CT molecular complexity index is 395. The van der Waals surface area contributed by atoms with Gasteiger partial charge in [0.1, 0.15) is 13.2 Å². The second-order valence-electron chi connectivity index (χ2n) is 8.95. The average Bonchev–Trinajstić information content (AvgIpc) is 2.76. The van der Waals surface area contributed by atoms with Crippen LogP contribution in [0.3, 0.4) is 0 Å². The van der Waals surface area contributed by atoms with E-state index in [0.717, 1.165) is 32.1 Å². The Morgan fingerprint density at radius 1 is 0.419 bits per heavy atom. The van der Waals surface area contributed by atoms with Gasteiger partial charge in [-0.05, 0) is 12.8 Å². The second kappa shape index (κ2) is 25.2. The van der Waals surface area contributed by atoms with Crippen molar-refractivity contribution in [3.63, 3.8) is 0 Å². The zero-order valence-electron chi connectivity index (χ0n) is 20.9. The number of ether oxygens (including phenoxy) is 2. The van der Waals surface area contributed by atoms with Gasteiger partial charge in [0.05, 0.1) is 0 Å². The van der Waals surface area contributed by atoms with Gasteiger partial charge >= 0.3 is 11.9 Å². The highest BCUT2D eigenvalue weighted by molar-refractivity contribution is 5.70. The molecule has 0 aromatic rings. The minimum absolute atomic E-state index is 0.174. The van der Waals surface area contributed by atoms with Crippen LogP contribution in [0.5, 0.6) is 0 Å². The Morgan fingerprint density at radius 3 is 1.03 bits per heavy atom. The van der Waals surface area contributed by atoms with E-state index in [2.05, 4.69) is 13.8 Å². The van der Waals surface area contributed by atoms with Gasteiger partial charge in [-0.3, -0.25) is 9.59 Å². The highest BCUT2D eigenvalue weighted by Gasteiger charge is 2.05. The van der Waals surface area contributed by atoms with Crippen molar-refractivity contribution in [2.75, 3.05) is 13.2 Å². The Morgan fingerprint density at radius 2 is 0.677 bits per heavy atom. The molecule has 0 N–H and O–H groups in total. The zero-order valence-corrected chi connectivity index (χ0v) is 20.9. The van der Waals surface area contributed by atoms with Gasteiger partial charge in [0.25, 0.3) is 0 Å². The summed E-state index contributed by atoms with van der Waals surface area (Å²) in [5.74, 6) is -0.366. The molecule has 0 saturated heterocycles. The molecule has 0 saturated carbocycles. The third-order valence-electron chi connectivity index (χ3n) is 5.83. The fraction of sp³-hybridized carbons (Fsp3) is 0.926. The summed E-state index contributed by atoms with van der Waals surface area (Å²) in [7, 11) is 0. The van der Waals surface area contributed by atoms with E-state index >= 15 is 0 Å². The molecule has 0 rings (SSSR count). The largest absolute Gasteiger partial charge is 0.462 e. The van der Waals surface area contributed by atoms with Crippen molar-refractivity contribution in [3.05, 3.63) is 0 Å². The van der Waals surface area contributed by atoms with E-state index in [9.17, 15) is 9.59 Å². The number of carbonyl (C=O) groups excluding carboxylic acids is 2. The summed E-state index contributed by atoms with van der Waals surface area (Å²) in [4.78, 5) is 23.1. The summed E-state index contributed by atoms with van der Waals surface area (Å²) >= 11 is 0. The molecule has 184 valence electrons. The molecule has 4 nitrogen and oxygen atoms in total. The van der Waals surface area contributed by atoms with Gasteiger partial charge in [-0.15, -0.1) is 0 Å². The van der Waals surface area contributed by atoms with Crippen molar-refractivity contribution in [1.29, 1.82) is 0 Å². The maximum Gasteiger partial charge on any atom is 0.305 e. The summed E-state index contributed by atoms with van der Waals surface area (Å²) in [6, 6.07) is 0. The first-order chi connectivity index (χ1) is 15.2. The predicted octanol–water partition coefficient (Wildman–Crippen LogP) is 8.30. The molecule has 0 aliphatic rings. The first-order valence-corrected chi connectivity index (χ1v) is 13.5. The summed E-state index contributed by atoms with van der Waals surface area (Å²) in [5.41, 5.74) is 0. The van der Waals surface area contributed by atoms with Crippen molar-refractivity contribution < 1.29 is 19.1 Å². The van der Waals surface area contributed by atoms with E-state index in [0.29, 0.717) is 12.8 Å². The molecule has 0 aromatic heterocycles. The lowest BCUT2D eigenvalue weighted by Gasteiger charge is -2.06. The minimum Gasteiger partial charge on any atom is -0.462 e. The molecule has 0 bridgehead atoms. The highest BCUT2D eigenvalue weighted by atomic mass is 16.6. The smallest absolute Gasteiger partial charge is 0.305 e. The van der Waals surface area contributed by atoms with Gasteiger partial charge in [-0.25, -0.2) is 0 Å². The van der Waals surface area contributed by atoms with E-state index in [1.807, 2.05) is 0 Å². The van der Waals surface area contributed by atoms with Gasteiger partial charge in [-0.1, -0.05) is 123 Å². The van der Waals surface area contributed by atoms with E-state index in [4.69, 9.17) is 9.47 Å². The molecule has 0 radical (unpaired) electrons. The Balaban J connectivity index is 3.21. The molecule has 0 heterocycles. The number of hydrogen-bond donors (Lipinski definition) is 0. The summed E-state index contributed by atoms with van der Waals surface area (Å²) in [6.45, 7) is 4.73. The molecular weight excluding hydrogens is 388 g/mol. The topological polar surface area (TPSA) is 52.6 Å². The normalized spacial score (nSPS) is 10.9. The SMILES string of the molecule is CCCCCCCCCCCCCCCCCCC(=O)OCCOC(=O)CCCCC. The molecular formula is C27H52O4. The minimum atomic E-state index is -0.192. The van der Waals surface area contributed by atoms with Crippen LogP contribution in [0, 0.1) is 0 Å². The maximum atomic E-state index is 11.7. The van der Waals surface area contributed by atoms with E-state index in [1.54, 1.807) is 0 Å². The number of carbonyl (C=O) groups is 2. The highest BCUT2D eigenvalue weighted by Crippen LogP contribution is 2.14. The fourth-order valence-corrected chi connectivity index (χ4v) is 3.79. The van der Waals surface area contributed by atoms with Gasteiger partial charge in [0, 0.05) is 12.8 Å². The van der Waals surface area contributed by atoms with Gasteiger partial charge in [0.2, 0.25) is 0 Å². The summed E-state index contributed by atoms with van der Waals surface area (Å²) in [5, 5.41) is 0. The van der Waals surface area contributed by atoms with Crippen LogP contribution < -0.4 is 0 Å². The van der Waals surface area contributed by atoms with Crippen LogP contribution in [0.15, 0.2) is 0 Å². The molecule has 0 fully saturated rings. The van der Waals surface area contributed by atoms with Crippen molar-refractivity contribution in [2.45, 2.75) is 149 Å². The third kappa shape index (κ3) is 25.1. The van der Waals surface area contributed by atoms with Gasteiger partial charge < -0.3 is 9.47 Å². The van der Waals surface area contributed by atoms with Crippen LogP contribution in [0.4, 0.5) is 0 Å². The molecule has 0 amide bonds. The lowest BCUT2D eigenvalue weighted by atomic mass is 10.0. The quantitative estimate of drug-likeness (QED) is 0.112. The van der Waals surface area contributed by atoms with Crippen molar-refractivity contribution in [2.24, 2.45) is 0 Å². The molecule has 0 unspecified atom stereocenters. The first-order valence-electron chi connectivity index (χ1n) is 13.5. The number of unbranched alkanes of at least 4 members (excludes halogenated alkanes) is 17. The van der Waals surface area contributed by atoms with Gasteiger partial charge in [-0.2, -0.15) is 0 Å². The zero-order chi connectivity index (χ0) is 22.8. The third-order valence-corrected chi connectivity index (χ3v) is 5.83. The molecule has 0 aliphatic carbocycles. The molecule has 0 aliphatic heterocycles. The van der Waals surface area contributed by atoms with Crippen LogP contribution in [-0.2, 0) is 19.1 Å². The second-order valence-corrected chi connectivity index (χ2v) is 8.95. The van der Waals surface area contributed by atoms with Crippen LogP contribution in [0.2, 0.25) is 0 Å². The predicted molar refractivity (Wildman–Crippen MR) is 130 cm³/mol. The van der Waals surface area contributed by atoms with Crippen molar-refractivity contribution in [3.8, 4) is 0 Å². The van der Waals surface area contributed by atoms with Gasteiger partial charge in [0.15, 0.2) is 0 Å². The number of rotatable bonds is 24. The lowest BCUT2D eigenvalue weighted by molar-refractivity contribution is -0.152. The Kier molecular flexibility index (Phi) is 24.3. The summed E-state index contributed by atoms with van der Waals surface area (Å²) < 4.78 is 10.2. The molecule has 4 heteroatoms. The first kappa shape index (κ1) is 29.9. The Labute approximate surface area is 193 Å². The van der Waals surface area contributed by atoms with E-state index in [-0.39, 0.29) is 25.2 Å². The Hall–Kier alpha value is -1.06. The molecule has 0 aromatic carbocycles. The number of hydrogen-bond acceptors (Lipinski definition) is 4. The van der Waals surface area contributed by atoms with Crippen LogP contribution in [0.1, 0.15) is 149 Å². The fourth-order valence-electron chi connectivity index (χ4n) is 3.79. The monoisotopic (exact) mass is 440 g/mol. The summed E-state index contributed by atoms with van der Waals surface area (Å²) in [6.07, 6.45) is 25.2. The molecule has 31 heavy (non-hydrogen) atoms. The standard InChI is InChI=1S/C27H52O4/c1-3-5-7-8-9-10-11-12-13-14-15-16-17-18-19-21-23-27(29)31-25-24-30-26(28)22-20-6-4-2/h3-25H2,1-2H3. The van der Waals surface area contributed by atoms with E-state index < -0.39 is 0 Å². The average molecular weight is 441 g/mol. The van der Waals surface area contributed by atoms with E-state index in [1.165, 1.54) is 89.9 Å². The van der Waals surface area contributed by atoms with Crippen molar-refractivity contribution >= 4 is 11.9 Å². The van der Waals surface area contributed by atoms with Crippen LogP contribution in [0.25, 0.3) is 0 Å². The lowest BCUT2D eigenvalue weighted by Crippen LogP contribution is -2.13. The molecule has 0 atom stereocenters.